The minimum atomic E-state index is -1.35. The third kappa shape index (κ3) is 12.3. The van der Waals surface area contributed by atoms with Gasteiger partial charge < -0.3 is 15.5 Å². The monoisotopic (exact) mass is 677 g/mol. The maximum absolute atomic E-state index is 13.9. The van der Waals surface area contributed by atoms with Crippen molar-refractivity contribution < 1.29 is 43.3 Å². The van der Waals surface area contributed by atoms with E-state index in [9.17, 15) is 34.2 Å². The molecule has 0 heterocycles. The summed E-state index contributed by atoms with van der Waals surface area (Å²) < 4.78 is 2.13. The lowest BCUT2D eigenvalue weighted by atomic mass is 9.84. The lowest BCUT2D eigenvalue weighted by Crippen LogP contribution is -2.53. The molecule has 6 atom stereocenters. The average molecular weight is 678 g/mol. The largest absolute Gasteiger partial charge is 0.476 e. The van der Waals surface area contributed by atoms with E-state index >= 15 is 0 Å². The number of hydrogen-bond acceptors (Lipinski definition) is 6. The van der Waals surface area contributed by atoms with Crippen LogP contribution in [0.2, 0.25) is 0 Å². The Labute approximate surface area is 290 Å². The Hall–Kier alpha value is -4.31. The Bertz CT molecular complexity index is 1460. The lowest BCUT2D eigenvalue weighted by molar-refractivity contribution is -0.495. The molecule has 3 amide bonds. The highest BCUT2D eigenvalue weighted by atomic mass is 16.4. The molecule has 2 rings (SSSR count). The summed E-state index contributed by atoms with van der Waals surface area (Å²) >= 11 is 0. The number of nitrogens with zero attached hydrogens (tertiary/aromatic N) is 2. The molecule has 0 fully saturated rings. The molecule has 0 saturated heterocycles. The van der Waals surface area contributed by atoms with Crippen LogP contribution in [0.25, 0.3) is 0 Å². The van der Waals surface area contributed by atoms with Gasteiger partial charge in [0, 0.05) is 31.6 Å². The molecule has 0 bridgehead atoms. The molecule has 10 heteroatoms. The number of benzene rings is 2. The number of carbonyl (C=O) groups excluding carboxylic acids is 4. The van der Waals surface area contributed by atoms with Crippen molar-refractivity contribution in [1.29, 1.82) is 0 Å². The number of carboxylic acid groups (broad SMARTS) is 1. The minimum Gasteiger partial charge on any atom is -0.476 e. The molecular formula is C39H55N3O7+2. The highest BCUT2D eigenvalue weighted by molar-refractivity contribution is 5.86. The van der Waals surface area contributed by atoms with Crippen LogP contribution < -0.4 is 5.32 Å². The van der Waals surface area contributed by atoms with Crippen molar-refractivity contribution >= 4 is 42.9 Å². The third-order valence-corrected chi connectivity index (χ3v) is 9.18. The van der Waals surface area contributed by atoms with Crippen LogP contribution in [-0.2, 0) is 36.8 Å². The zero-order valence-electron chi connectivity index (χ0n) is 29.9. The van der Waals surface area contributed by atoms with Crippen LogP contribution in [0, 0.1) is 23.7 Å². The van der Waals surface area contributed by atoms with E-state index < -0.39 is 59.6 Å². The molecule has 0 aliphatic rings. The van der Waals surface area contributed by atoms with Crippen LogP contribution >= 0.6 is 0 Å². The second-order valence-electron chi connectivity index (χ2n) is 13.7. The summed E-state index contributed by atoms with van der Waals surface area (Å²) in [4.78, 5) is 65.8. The number of aryl methyl sites for hydroxylation is 1. The number of carboxylic acids is 1. The first-order valence-electron chi connectivity index (χ1n) is 17.2. The van der Waals surface area contributed by atoms with Crippen molar-refractivity contribution in [2.45, 2.75) is 104 Å². The van der Waals surface area contributed by atoms with E-state index in [4.69, 9.17) is 0 Å². The molecule has 2 aromatic rings. The summed E-state index contributed by atoms with van der Waals surface area (Å²) in [5.41, 5.74) is 1.81. The van der Waals surface area contributed by atoms with Crippen LogP contribution in [0.3, 0.4) is 0 Å². The SMILES string of the molecule is C=[N+](C(=O)C(NC(=O)CCc1ccccc1)C(C)C)C(Cc1ccccc1)C(O)CC(=O)CC(C(=O)[N+](=C)C(C(=O)O)C(C)C)C(C)CC. The summed E-state index contributed by atoms with van der Waals surface area (Å²) in [6.45, 7) is 18.4. The molecule has 10 nitrogen and oxygen atoms in total. The van der Waals surface area contributed by atoms with E-state index in [1.165, 1.54) is 4.58 Å². The molecule has 0 radical (unpaired) electrons. The van der Waals surface area contributed by atoms with Crippen molar-refractivity contribution in [2.75, 3.05) is 0 Å². The first-order chi connectivity index (χ1) is 23.1. The fourth-order valence-corrected chi connectivity index (χ4v) is 5.96. The van der Waals surface area contributed by atoms with E-state index in [2.05, 4.69) is 18.8 Å². The Balaban J connectivity index is 2.28. The molecule has 0 aliphatic carbocycles. The van der Waals surface area contributed by atoms with Gasteiger partial charge in [-0.05, 0) is 29.4 Å². The topological polar surface area (TPSA) is 144 Å². The smallest absolute Gasteiger partial charge is 0.409 e. The highest BCUT2D eigenvalue weighted by Crippen LogP contribution is 2.25. The number of hydrogen-bond donors (Lipinski definition) is 3. The Kier molecular flexibility index (Phi) is 16.4. The standard InChI is InChI=1S/C39H53N3O7/c1-9-27(6)31(37(46)42(8)36(26(4)5)39(48)49)23-30(43)24-33(44)32(22-29-18-14-11-15-19-29)41(7)38(47)35(25(2)3)40-34(45)21-20-28-16-12-10-13-17-28/h10-19,25-27,31-33,35-36,44H,7-9,20-24H2,1-6H3/p+2. The van der Waals surface area contributed by atoms with E-state index in [0.29, 0.717) is 12.8 Å². The molecule has 3 N–H and O–H groups in total. The van der Waals surface area contributed by atoms with Crippen molar-refractivity contribution in [1.82, 2.24) is 5.32 Å². The molecule has 0 aromatic heterocycles. The van der Waals surface area contributed by atoms with Gasteiger partial charge in [-0.3, -0.25) is 9.59 Å². The molecule has 266 valence electrons. The maximum atomic E-state index is 13.9. The highest BCUT2D eigenvalue weighted by Gasteiger charge is 2.43. The Morgan fingerprint density at radius 3 is 1.82 bits per heavy atom. The zero-order chi connectivity index (χ0) is 36.8. The number of rotatable bonds is 20. The first-order valence-corrected chi connectivity index (χ1v) is 17.2. The van der Waals surface area contributed by atoms with Gasteiger partial charge in [-0.25, -0.2) is 14.4 Å². The number of Topliss-reactive ketones (excluding diaryl/α,β-unsaturated/α-hetero) is 1. The number of carbonyl (C=O) groups is 5. The van der Waals surface area contributed by atoms with Gasteiger partial charge in [0.15, 0.2) is 12.1 Å². The second-order valence-corrected chi connectivity index (χ2v) is 13.7. The summed E-state index contributed by atoms with van der Waals surface area (Å²) in [6.07, 6.45) is -0.489. The number of amides is 3. The fourth-order valence-electron chi connectivity index (χ4n) is 5.96. The van der Waals surface area contributed by atoms with Crippen LogP contribution in [0.4, 0.5) is 0 Å². The Morgan fingerprint density at radius 2 is 1.33 bits per heavy atom. The minimum absolute atomic E-state index is 0.187. The number of aliphatic hydroxyl groups is 1. The number of nitrogens with one attached hydrogen (secondary N) is 1. The van der Waals surface area contributed by atoms with E-state index in [1.807, 2.05) is 88.4 Å². The molecule has 2 aromatic carbocycles. The average Bonchev–Trinajstić information content (AvgIpc) is 3.06. The van der Waals surface area contributed by atoms with Gasteiger partial charge in [0.25, 0.3) is 6.04 Å². The second kappa shape index (κ2) is 19.6. The zero-order valence-corrected chi connectivity index (χ0v) is 29.9. The molecule has 6 unspecified atom stereocenters. The fraction of sp³-hybridized carbons (Fsp3) is 0.513. The van der Waals surface area contributed by atoms with Gasteiger partial charge in [-0.15, -0.1) is 0 Å². The van der Waals surface area contributed by atoms with Crippen LogP contribution in [0.1, 0.15) is 78.4 Å². The molecular weight excluding hydrogens is 622 g/mol. The van der Waals surface area contributed by atoms with Crippen LogP contribution in [0.15, 0.2) is 60.7 Å². The Morgan fingerprint density at radius 1 is 0.776 bits per heavy atom. The van der Waals surface area contributed by atoms with Gasteiger partial charge in [-0.1, -0.05) is 109 Å². The van der Waals surface area contributed by atoms with Gasteiger partial charge in [-0.2, -0.15) is 9.15 Å². The van der Waals surface area contributed by atoms with Crippen molar-refractivity contribution in [3.05, 3.63) is 71.8 Å². The maximum Gasteiger partial charge on any atom is 0.409 e. The van der Waals surface area contributed by atoms with Crippen molar-refractivity contribution in [2.24, 2.45) is 23.7 Å². The molecule has 0 aliphatic heterocycles. The van der Waals surface area contributed by atoms with Crippen LogP contribution in [0.5, 0.6) is 0 Å². The van der Waals surface area contributed by atoms with Gasteiger partial charge in [0.1, 0.15) is 25.3 Å². The third-order valence-electron chi connectivity index (χ3n) is 9.18. The van der Waals surface area contributed by atoms with Crippen molar-refractivity contribution in [3.8, 4) is 0 Å². The van der Waals surface area contributed by atoms with E-state index in [1.54, 1.807) is 13.8 Å². The number of ketones is 1. The van der Waals surface area contributed by atoms with E-state index in [-0.39, 0.29) is 43.4 Å². The lowest BCUT2D eigenvalue weighted by Gasteiger charge is -2.25. The molecule has 0 spiro atoms. The number of aliphatic carboxylic acids is 1. The normalized spacial score (nSPS) is 15.0. The van der Waals surface area contributed by atoms with E-state index in [0.717, 1.165) is 15.7 Å². The molecule has 0 saturated carbocycles. The summed E-state index contributed by atoms with van der Waals surface area (Å²) in [7, 11) is 0. The first kappa shape index (κ1) is 40.9. The van der Waals surface area contributed by atoms with Gasteiger partial charge in [0.2, 0.25) is 5.91 Å². The van der Waals surface area contributed by atoms with Gasteiger partial charge in [0.05, 0.1) is 5.92 Å². The summed E-state index contributed by atoms with van der Waals surface area (Å²) in [5.74, 6) is -4.73. The predicted molar refractivity (Wildman–Crippen MR) is 190 cm³/mol. The quantitative estimate of drug-likeness (QED) is 0.140. The van der Waals surface area contributed by atoms with Crippen molar-refractivity contribution in [3.63, 3.8) is 0 Å². The predicted octanol–water partition coefficient (Wildman–Crippen LogP) is 4.33. The number of aliphatic hydroxyl groups excluding tert-OH is 1. The van der Waals surface area contributed by atoms with Crippen LogP contribution in [-0.4, -0.2) is 86.5 Å². The summed E-state index contributed by atoms with van der Waals surface area (Å²) in [5, 5.41) is 24.1. The molecule has 49 heavy (non-hydrogen) atoms. The van der Waals surface area contributed by atoms with Gasteiger partial charge >= 0.3 is 17.8 Å². The summed E-state index contributed by atoms with van der Waals surface area (Å²) in [6, 6.07) is 15.8.